The van der Waals surface area contributed by atoms with Gasteiger partial charge >= 0.3 is 11.6 Å². The first kappa shape index (κ1) is 21.9. The summed E-state index contributed by atoms with van der Waals surface area (Å²) >= 11 is 0. The molecule has 1 aromatic heterocycles. The molecule has 0 aliphatic rings. The van der Waals surface area contributed by atoms with Crippen molar-refractivity contribution in [2.45, 2.75) is 26.0 Å². The lowest BCUT2D eigenvalue weighted by Crippen LogP contribution is -2.28. The van der Waals surface area contributed by atoms with Crippen LogP contribution in [0.15, 0.2) is 57.7 Å². The van der Waals surface area contributed by atoms with Crippen molar-refractivity contribution in [1.29, 1.82) is 0 Å². The van der Waals surface area contributed by atoms with Crippen LogP contribution in [-0.2, 0) is 20.9 Å². The Balaban J connectivity index is 1.74. The maximum absolute atomic E-state index is 12.5. The van der Waals surface area contributed by atoms with Crippen LogP contribution >= 0.6 is 0 Å². The number of amides is 1. The Morgan fingerprint density at radius 2 is 1.68 bits per heavy atom. The van der Waals surface area contributed by atoms with Crippen LogP contribution in [0, 0.1) is 0 Å². The van der Waals surface area contributed by atoms with Gasteiger partial charge in [0.05, 0.1) is 26.7 Å². The summed E-state index contributed by atoms with van der Waals surface area (Å²) in [4.78, 5) is 36.0. The number of fused-ring (bicyclic) bond motifs is 1. The predicted molar refractivity (Wildman–Crippen MR) is 113 cm³/mol. The van der Waals surface area contributed by atoms with Gasteiger partial charge in [-0.1, -0.05) is 12.1 Å². The molecule has 1 unspecified atom stereocenters. The van der Waals surface area contributed by atoms with Crippen molar-refractivity contribution in [3.8, 4) is 11.5 Å². The predicted octanol–water partition coefficient (Wildman–Crippen LogP) is 3.12. The molecule has 0 aliphatic carbocycles. The third kappa shape index (κ3) is 5.63. The second-order valence-corrected chi connectivity index (χ2v) is 6.84. The van der Waals surface area contributed by atoms with Crippen molar-refractivity contribution in [3.63, 3.8) is 0 Å². The minimum Gasteiger partial charge on any atom is -0.497 e. The normalized spacial score (nSPS) is 11.6. The van der Waals surface area contributed by atoms with Gasteiger partial charge in [-0.05, 0) is 29.8 Å². The summed E-state index contributed by atoms with van der Waals surface area (Å²) in [5, 5.41) is 3.40. The topological polar surface area (TPSA) is 104 Å². The average Bonchev–Trinajstić information content (AvgIpc) is 2.76. The monoisotopic (exact) mass is 425 g/mol. The number of carbonyl (C=O) groups is 2. The first-order valence-electron chi connectivity index (χ1n) is 9.57. The van der Waals surface area contributed by atoms with Crippen molar-refractivity contribution < 1.29 is 28.2 Å². The highest BCUT2D eigenvalue weighted by molar-refractivity contribution is 5.82. The lowest BCUT2D eigenvalue weighted by Gasteiger charge is -2.18. The Morgan fingerprint density at radius 1 is 1.00 bits per heavy atom. The maximum atomic E-state index is 12.5. The second kappa shape index (κ2) is 9.80. The Kier molecular flexibility index (Phi) is 6.92. The van der Waals surface area contributed by atoms with Crippen LogP contribution in [0.3, 0.4) is 0 Å². The Hall–Kier alpha value is -3.81. The molecule has 3 aromatic rings. The van der Waals surface area contributed by atoms with E-state index in [0.29, 0.717) is 28.0 Å². The summed E-state index contributed by atoms with van der Waals surface area (Å²) in [5.74, 6) is 0.417. The molecule has 1 atom stereocenters. The Bertz CT molecular complexity index is 1130. The molecule has 3 rings (SSSR count). The molecule has 162 valence electrons. The summed E-state index contributed by atoms with van der Waals surface area (Å²) in [6, 6.07) is 12.8. The lowest BCUT2D eigenvalue weighted by atomic mass is 10.0. The van der Waals surface area contributed by atoms with E-state index in [0.717, 1.165) is 5.56 Å². The summed E-state index contributed by atoms with van der Waals surface area (Å²) in [5.41, 5.74) is 1.04. The fourth-order valence-corrected chi connectivity index (χ4v) is 3.17. The molecular weight excluding hydrogens is 402 g/mol. The van der Waals surface area contributed by atoms with Crippen molar-refractivity contribution in [3.05, 3.63) is 70.1 Å². The van der Waals surface area contributed by atoms with Crippen molar-refractivity contribution >= 4 is 22.8 Å². The average molecular weight is 425 g/mol. The number of nitrogens with one attached hydrogen (secondary N) is 1. The van der Waals surface area contributed by atoms with Gasteiger partial charge in [0.1, 0.15) is 23.7 Å². The van der Waals surface area contributed by atoms with Gasteiger partial charge in [-0.2, -0.15) is 0 Å². The van der Waals surface area contributed by atoms with E-state index in [1.165, 1.54) is 20.1 Å². The van der Waals surface area contributed by atoms with Crippen molar-refractivity contribution in [2.75, 3.05) is 14.2 Å². The van der Waals surface area contributed by atoms with Gasteiger partial charge in [-0.25, -0.2) is 4.79 Å². The molecule has 1 heterocycles. The number of benzene rings is 2. The van der Waals surface area contributed by atoms with E-state index in [4.69, 9.17) is 18.6 Å². The minimum atomic E-state index is -0.558. The van der Waals surface area contributed by atoms with Gasteiger partial charge in [0.2, 0.25) is 5.91 Å². The highest BCUT2D eigenvalue weighted by atomic mass is 16.5. The van der Waals surface area contributed by atoms with Crippen LogP contribution in [0.1, 0.15) is 30.5 Å². The zero-order chi connectivity index (χ0) is 22.4. The number of hydrogen-bond donors (Lipinski definition) is 1. The molecule has 0 spiro atoms. The van der Waals surface area contributed by atoms with Crippen LogP contribution in [0.2, 0.25) is 0 Å². The maximum Gasteiger partial charge on any atom is 0.336 e. The summed E-state index contributed by atoms with van der Waals surface area (Å²) in [6.45, 7) is 1.27. The standard InChI is InChI=1S/C23H23NO7/c1-14(25)24-20(15-4-6-17(28-2)7-5-15)12-22(26)30-13-16-10-23(27)31-21-11-18(29-3)8-9-19(16)21/h4-11,20H,12-13H2,1-3H3,(H,24,25). The molecule has 0 fully saturated rings. The van der Waals surface area contributed by atoms with E-state index < -0.39 is 17.6 Å². The molecule has 0 aliphatic heterocycles. The molecule has 8 heteroatoms. The lowest BCUT2D eigenvalue weighted by molar-refractivity contribution is -0.145. The first-order chi connectivity index (χ1) is 14.9. The Morgan fingerprint density at radius 3 is 2.32 bits per heavy atom. The van der Waals surface area contributed by atoms with Gasteiger partial charge in [-0.15, -0.1) is 0 Å². The highest BCUT2D eigenvalue weighted by Gasteiger charge is 2.19. The molecule has 0 bridgehead atoms. The second-order valence-electron chi connectivity index (χ2n) is 6.84. The van der Waals surface area contributed by atoms with E-state index >= 15 is 0 Å². The van der Waals surface area contributed by atoms with Crippen LogP contribution in [-0.4, -0.2) is 26.1 Å². The largest absolute Gasteiger partial charge is 0.497 e. The summed E-state index contributed by atoms with van der Waals surface area (Å²) in [6.07, 6.45) is -0.0703. The van der Waals surface area contributed by atoms with E-state index in [-0.39, 0.29) is 18.9 Å². The molecule has 2 aromatic carbocycles. The molecule has 8 nitrogen and oxygen atoms in total. The van der Waals surface area contributed by atoms with E-state index in [2.05, 4.69) is 5.32 Å². The van der Waals surface area contributed by atoms with Crippen molar-refractivity contribution in [2.24, 2.45) is 0 Å². The number of ether oxygens (including phenoxy) is 3. The van der Waals surface area contributed by atoms with Gasteiger partial charge < -0.3 is 23.9 Å². The van der Waals surface area contributed by atoms with Gasteiger partial charge in [0.25, 0.3) is 0 Å². The number of hydrogen-bond acceptors (Lipinski definition) is 7. The highest BCUT2D eigenvalue weighted by Crippen LogP contribution is 2.24. The quantitative estimate of drug-likeness (QED) is 0.437. The van der Waals surface area contributed by atoms with Crippen LogP contribution in [0.5, 0.6) is 11.5 Å². The van der Waals surface area contributed by atoms with Crippen LogP contribution in [0.4, 0.5) is 0 Å². The van der Waals surface area contributed by atoms with Gasteiger partial charge in [0.15, 0.2) is 0 Å². The SMILES string of the molecule is COc1ccc(C(CC(=O)OCc2cc(=O)oc3cc(OC)ccc23)NC(C)=O)cc1. The molecule has 0 radical (unpaired) electrons. The van der Waals surface area contributed by atoms with E-state index in [1.807, 2.05) is 0 Å². The fraction of sp³-hybridized carbons (Fsp3) is 0.261. The Labute approximate surface area is 178 Å². The first-order valence-corrected chi connectivity index (χ1v) is 9.57. The number of carbonyl (C=O) groups excluding carboxylic acids is 2. The molecule has 0 saturated carbocycles. The molecular formula is C23H23NO7. The molecule has 31 heavy (non-hydrogen) atoms. The fourth-order valence-electron chi connectivity index (χ4n) is 3.17. The van der Waals surface area contributed by atoms with Gasteiger partial charge in [0, 0.05) is 30.0 Å². The third-order valence-electron chi connectivity index (χ3n) is 4.69. The molecule has 0 saturated heterocycles. The number of methoxy groups -OCH3 is 2. The minimum absolute atomic E-state index is 0.0703. The summed E-state index contributed by atoms with van der Waals surface area (Å²) < 4.78 is 20.9. The summed E-state index contributed by atoms with van der Waals surface area (Å²) in [7, 11) is 3.07. The van der Waals surface area contributed by atoms with Crippen LogP contribution < -0.4 is 20.4 Å². The zero-order valence-corrected chi connectivity index (χ0v) is 17.5. The van der Waals surface area contributed by atoms with E-state index in [9.17, 15) is 14.4 Å². The van der Waals surface area contributed by atoms with Crippen molar-refractivity contribution in [1.82, 2.24) is 5.32 Å². The van der Waals surface area contributed by atoms with Crippen LogP contribution in [0.25, 0.3) is 11.0 Å². The molecule has 1 amide bonds. The number of rotatable bonds is 8. The van der Waals surface area contributed by atoms with Gasteiger partial charge in [-0.3, -0.25) is 9.59 Å². The third-order valence-corrected chi connectivity index (χ3v) is 4.69. The number of esters is 1. The zero-order valence-electron chi connectivity index (χ0n) is 17.5. The smallest absolute Gasteiger partial charge is 0.336 e. The van der Waals surface area contributed by atoms with E-state index in [1.54, 1.807) is 49.6 Å². The molecule has 1 N–H and O–H groups in total.